The van der Waals surface area contributed by atoms with Crippen molar-refractivity contribution in [2.24, 2.45) is 46.6 Å². The van der Waals surface area contributed by atoms with Crippen LogP contribution in [0.3, 0.4) is 0 Å². The average molecular weight is 487 g/mol. The highest BCUT2D eigenvalue weighted by molar-refractivity contribution is 5.42. The van der Waals surface area contributed by atoms with E-state index in [-0.39, 0.29) is 6.42 Å². The molecule has 5 unspecified atom stereocenters. The number of hydrogen-bond acceptors (Lipinski definition) is 4. The van der Waals surface area contributed by atoms with Gasteiger partial charge in [0.1, 0.15) is 12.3 Å². The van der Waals surface area contributed by atoms with Crippen LogP contribution in [-0.2, 0) is 12.8 Å². The van der Waals surface area contributed by atoms with Crippen LogP contribution >= 0.6 is 0 Å². The molecule has 35 heavy (non-hydrogen) atoms. The Morgan fingerprint density at radius 3 is 1.94 bits per heavy atom. The van der Waals surface area contributed by atoms with Gasteiger partial charge in [-0.15, -0.1) is 0 Å². The van der Waals surface area contributed by atoms with Crippen LogP contribution in [-0.4, -0.2) is 38.5 Å². The van der Waals surface area contributed by atoms with Crippen LogP contribution in [0.25, 0.3) is 0 Å². The molecule has 4 nitrogen and oxygen atoms in total. The van der Waals surface area contributed by atoms with E-state index in [1.807, 2.05) is 12.1 Å². The summed E-state index contributed by atoms with van der Waals surface area (Å²) in [6.07, 6.45) is 6.60. The van der Waals surface area contributed by atoms with Gasteiger partial charge in [-0.05, 0) is 124 Å². The molecule has 1 aromatic rings. The minimum atomic E-state index is -1.26. The Balaban J connectivity index is 1.77. The van der Waals surface area contributed by atoms with Crippen LogP contribution in [0.1, 0.15) is 61.6 Å². The molecular weight excluding hydrogens is 442 g/mol. The lowest BCUT2D eigenvalue weighted by Gasteiger charge is -2.35. The molecule has 2 fully saturated rings. The van der Waals surface area contributed by atoms with Crippen molar-refractivity contribution in [1.29, 1.82) is 0 Å². The molecule has 8 N–H and O–H groups in total. The number of allylic oxidation sites excluding steroid dienone is 2. The van der Waals surface area contributed by atoms with E-state index < -0.39 is 18.3 Å². The van der Waals surface area contributed by atoms with Crippen molar-refractivity contribution in [1.82, 2.24) is 0 Å². The summed E-state index contributed by atoms with van der Waals surface area (Å²) in [6, 6.07) is 6.14. The monoisotopic (exact) mass is 486 g/mol. The Bertz CT molecular complexity index is 852. The number of rotatable bonds is 9. The quantitative estimate of drug-likeness (QED) is 0.315. The molecule has 0 heterocycles. The topological polar surface area (TPSA) is 104 Å². The second-order valence-electron chi connectivity index (χ2n) is 10.5. The molecular formula is C29H44F2N4. The van der Waals surface area contributed by atoms with Gasteiger partial charge in [0, 0.05) is 12.0 Å². The lowest BCUT2D eigenvalue weighted by atomic mass is 9.71. The summed E-state index contributed by atoms with van der Waals surface area (Å²) < 4.78 is 29.8. The second kappa shape index (κ2) is 14.1. The van der Waals surface area contributed by atoms with E-state index in [2.05, 4.69) is 24.0 Å². The molecule has 0 amide bonds. The maximum Gasteiger partial charge on any atom is 0.124 e. The Morgan fingerprint density at radius 1 is 0.800 bits per heavy atom. The average Bonchev–Trinajstić information content (AvgIpc) is 2.81. The highest BCUT2D eigenvalue weighted by Crippen LogP contribution is 2.40. The third-order valence-electron chi connectivity index (χ3n) is 7.59. The molecule has 5 atom stereocenters. The van der Waals surface area contributed by atoms with Gasteiger partial charge in [0.15, 0.2) is 0 Å². The fourth-order valence-corrected chi connectivity index (χ4v) is 5.97. The summed E-state index contributed by atoms with van der Waals surface area (Å²) in [5.74, 6) is 7.25. The summed E-state index contributed by atoms with van der Waals surface area (Å²) in [7, 11) is 0. The van der Waals surface area contributed by atoms with Gasteiger partial charge in [0.05, 0.1) is 5.92 Å². The van der Waals surface area contributed by atoms with E-state index in [1.165, 1.54) is 0 Å². The van der Waals surface area contributed by atoms with Gasteiger partial charge in [-0.3, -0.25) is 0 Å². The highest BCUT2D eigenvalue weighted by atomic mass is 19.1. The summed E-state index contributed by atoms with van der Waals surface area (Å²) in [5, 5.41) is 0. The lowest BCUT2D eigenvalue weighted by molar-refractivity contribution is 0.163. The predicted octanol–water partition coefficient (Wildman–Crippen LogP) is 3.78. The number of alkyl halides is 2. The highest BCUT2D eigenvalue weighted by Gasteiger charge is 2.34. The maximum absolute atomic E-state index is 14.9. The van der Waals surface area contributed by atoms with Crippen molar-refractivity contribution in [3.05, 3.63) is 46.5 Å². The zero-order valence-electron chi connectivity index (χ0n) is 21.0. The predicted molar refractivity (Wildman–Crippen MR) is 141 cm³/mol. The number of nitrogens with two attached hydrogens (primary N) is 4. The van der Waals surface area contributed by atoms with Crippen LogP contribution < -0.4 is 22.9 Å². The number of hydrogen-bond donors (Lipinski definition) is 4. The summed E-state index contributed by atoms with van der Waals surface area (Å²) >= 11 is 0. The molecule has 3 rings (SSSR count). The van der Waals surface area contributed by atoms with Gasteiger partial charge in [0.25, 0.3) is 0 Å². The van der Waals surface area contributed by atoms with E-state index in [4.69, 9.17) is 22.9 Å². The van der Waals surface area contributed by atoms with Crippen LogP contribution in [0.5, 0.6) is 0 Å². The maximum atomic E-state index is 14.9. The largest absolute Gasteiger partial charge is 0.330 e. The SMILES string of the molecule is NCCc1cc(C#CC2CC(=CC3CC(CCN)CC(CCN)C3)C(F)CC2F)cc(CCN)c1. The molecule has 194 valence electrons. The van der Waals surface area contributed by atoms with E-state index >= 15 is 0 Å². The van der Waals surface area contributed by atoms with Gasteiger partial charge in [-0.2, -0.15) is 0 Å². The smallest absolute Gasteiger partial charge is 0.124 e. The lowest BCUT2D eigenvalue weighted by Crippen LogP contribution is -2.30. The Morgan fingerprint density at radius 2 is 1.40 bits per heavy atom. The minimum Gasteiger partial charge on any atom is -0.330 e. The van der Waals surface area contributed by atoms with E-state index in [1.54, 1.807) is 0 Å². The molecule has 6 heteroatoms. The molecule has 0 saturated heterocycles. The molecule has 0 aliphatic heterocycles. The Labute approximate surface area is 210 Å². The molecule has 0 radical (unpaired) electrons. The fraction of sp³-hybridized carbons (Fsp3) is 0.655. The zero-order valence-corrected chi connectivity index (χ0v) is 21.0. The van der Waals surface area contributed by atoms with Gasteiger partial charge in [0.2, 0.25) is 0 Å². The van der Waals surface area contributed by atoms with Crippen LogP contribution in [0.15, 0.2) is 29.8 Å². The van der Waals surface area contributed by atoms with E-state index in [0.29, 0.717) is 50.4 Å². The Kier molecular flexibility index (Phi) is 11.2. The first-order valence-corrected chi connectivity index (χ1v) is 13.4. The van der Waals surface area contributed by atoms with Crippen molar-refractivity contribution >= 4 is 0 Å². The van der Waals surface area contributed by atoms with Crippen molar-refractivity contribution in [3.8, 4) is 11.8 Å². The summed E-state index contributed by atoms with van der Waals surface area (Å²) in [6.45, 7) is 2.46. The normalized spacial score (nSPS) is 30.2. The number of halogens is 2. The summed E-state index contributed by atoms with van der Waals surface area (Å²) in [5.41, 5.74) is 26.9. The van der Waals surface area contributed by atoms with Crippen LogP contribution in [0.4, 0.5) is 8.78 Å². The molecule has 2 saturated carbocycles. The first-order chi connectivity index (χ1) is 16.9. The Hall–Kier alpha value is -1.78. The van der Waals surface area contributed by atoms with E-state index in [0.717, 1.165) is 67.2 Å². The van der Waals surface area contributed by atoms with Gasteiger partial charge in [-0.1, -0.05) is 24.0 Å². The second-order valence-corrected chi connectivity index (χ2v) is 10.5. The van der Waals surface area contributed by atoms with Crippen LogP contribution in [0, 0.1) is 35.5 Å². The van der Waals surface area contributed by atoms with Gasteiger partial charge in [-0.25, -0.2) is 8.78 Å². The first kappa shape index (κ1) is 27.8. The molecule has 2 aliphatic rings. The van der Waals surface area contributed by atoms with Gasteiger partial charge < -0.3 is 22.9 Å². The first-order valence-electron chi connectivity index (χ1n) is 13.4. The molecule has 1 aromatic carbocycles. The molecule has 0 bridgehead atoms. The van der Waals surface area contributed by atoms with Crippen molar-refractivity contribution < 1.29 is 8.78 Å². The third-order valence-corrected chi connectivity index (χ3v) is 7.59. The zero-order chi connectivity index (χ0) is 25.2. The van der Waals surface area contributed by atoms with Crippen molar-refractivity contribution in [2.45, 2.75) is 70.1 Å². The fourth-order valence-electron chi connectivity index (χ4n) is 5.97. The van der Waals surface area contributed by atoms with Gasteiger partial charge >= 0.3 is 0 Å². The van der Waals surface area contributed by atoms with Crippen molar-refractivity contribution in [3.63, 3.8) is 0 Å². The number of benzene rings is 1. The van der Waals surface area contributed by atoms with E-state index in [9.17, 15) is 8.78 Å². The van der Waals surface area contributed by atoms with Crippen LogP contribution in [0.2, 0.25) is 0 Å². The van der Waals surface area contributed by atoms with Crippen molar-refractivity contribution in [2.75, 3.05) is 26.2 Å². The minimum absolute atomic E-state index is 0.109. The summed E-state index contributed by atoms with van der Waals surface area (Å²) in [4.78, 5) is 0. The third kappa shape index (κ3) is 8.39. The standard InChI is InChI=1S/C29H44F2N4/c30-28-19-29(31)27(17-25-15-23(5-9-34)14-24(16-25)6-10-35)18-26(28)2-1-20-11-21(3-7-32)13-22(12-20)4-8-33/h11-13,17,23-26,28-29H,3-10,14-16,18-19,32-35H2. The molecule has 2 aliphatic carbocycles. The molecule has 0 aromatic heterocycles. The molecule has 0 spiro atoms.